The Hall–Kier alpha value is -6.59. The first-order valence-corrected chi connectivity index (χ1v) is 15.8. The summed E-state index contributed by atoms with van der Waals surface area (Å²) < 4.78 is 0. The number of hydrogen-bond donors (Lipinski definition) is 0. The highest BCUT2D eigenvalue weighted by molar-refractivity contribution is 5.78. The van der Waals surface area contributed by atoms with Gasteiger partial charge < -0.3 is 0 Å². The molecule has 0 aliphatic rings. The van der Waals surface area contributed by atoms with E-state index in [1.54, 1.807) is 6.20 Å². The predicted molar refractivity (Wildman–Crippen MR) is 193 cm³/mol. The van der Waals surface area contributed by atoms with E-state index in [0.717, 1.165) is 73.1 Å². The van der Waals surface area contributed by atoms with Crippen molar-refractivity contribution in [1.82, 2.24) is 24.9 Å². The van der Waals surface area contributed by atoms with Crippen LogP contribution >= 0.6 is 0 Å². The van der Waals surface area contributed by atoms with E-state index in [1.807, 2.05) is 85.1 Å². The van der Waals surface area contributed by atoms with Crippen molar-refractivity contribution in [2.75, 3.05) is 0 Å². The average molecular weight is 616 g/mol. The Kier molecular flexibility index (Phi) is 7.83. The van der Waals surface area contributed by atoms with Gasteiger partial charge in [0, 0.05) is 29.1 Å². The number of rotatable bonds is 7. The van der Waals surface area contributed by atoms with Gasteiger partial charge in [-0.2, -0.15) is 0 Å². The summed E-state index contributed by atoms with van der Waals surface area (Å²) in [6, 6.07) is 55.4. The van der Waals surface area contributed by atoms with Crippen LogP contribution in [0.2, 0.25) is 0 Å². The van der Waals surface area contributed by atoms with E-state index in [2.05, 4.69) is 89.9 Å². The van der Waals surface area contributed by atoms with Gasteiger partial charge in [-0.25, -0.2) is 15.0 Å². The van der Waals surface area contributed by atoms with Crippen LogP contribution in [-0.2, 0) is 0 Å². The zero-order valence-electron chi connectivity index (χ0n) is 26.0. The summed E-state index contributed by atoms with van der Waals surface area (Å²) in [6.45, 7) is 0. The molecule has 0 N–H and O–H groups in total. The highest BCUT2D eigenvalue weighted by Crippen LogP contribution is 2.33. The summed E-state index contributed by atoms with van der Waals surface area (Å²) >= 11 is 0. The van der Waals surface area contributed by atoms with E-state index in [1.165, 1.54) is 0 Å². The van der Waals surface area contributed by atoms with Gasteiger partial charge in [-0.1, -0.05) is 115 Å². The van der Waals surface area contributed by atoms with E-state index in [4.69, 9.17) is 19.9 Å². The lowest BCUT2D eigenvalue weighted by molar-refractivity contribution is 1.18. The highest BCUT2D eigenvalue weighted by Gasteiger charge is 2.14. The average Bonchev–Trinajstić information content (AvgIpc) is 3.19. The van der Waals surface area contributed by atoms with Crippen LogP contribution in [0.5, 0.6) is 0 Å². The molecule has 0 spiro atoms. The molecule has 4 aromatic carbocycles. The molecule has 5 nitrogen and oxygen atoms in total. The fourth-order valence-corrected chi connectivity index (χ4v) is 5.78. The number of nitrogens with zero attached hydrogens (tertiary/aromatic N) is 5. The molecular formula is C43H29N5. The minimum Gasteiger partial charge on any atom is -0.255 e. The fourth-order valence-electron chi connectivity index (χ4n) is 5.78. The van der Waals surface area contributed by atoms with Gasteiger partial charge in [-0.15, -0.1) is 0 Å². The second kappa shape index (κ2) is 13.0. The van der Waals surface area contributed by atoms with Gasteiger partial charge in [-0.3, -0.25) is 9.97 Å². The maximum absolute atomic E-state index is 5.04. The van der Waals surface area contributed by atoms with Crippen molar-refractivity contribution in [3.05, 3.63) is 176 Å². The first-order chi connectivity index (χ1) is 23.8. The second-order valence-electron chi connectivity index (χ2n) is 11.4. The van der Waals surface area contributed by atoms with E-state index < -0.39 is 0 Å². The molecule has 5 heteroatoms. The Morgan fingerprint density at radius 3 is 1.42 bits per heavy atom. The van der Waals surface area contributed by atoms with Crippen LogP contribution in [0.25, 0.3) is 78.9 Å². The summed E-state index contributed by atoms with van der Waals surface area (Å²) in [5.74, 6) is 0.670. The Balaban J connectivity index is 1.21. The Labute approximate surface area is 279 Å². The molecule has 4 aromatic heterocycles. The van der Waals surface area contributed by atoms with E-state index in [0.29, 0.717) is 5.82 Å². The summed E-state index contributed by atoms with van der Waals surface area (Å²) in [7, 11) is 0. The predicted octanol–water partition coefficient (Wildman–Crippen LogP) is 10.3. The van der Waals surface area contributed by atoms with Gasteiger partial charge in [0.05, 0.1) is 34.2 Å². The molecule has 0 atom stereocenters. The van der Waals surface area contributed by atoms with Gasteiger partial charge >= 0.3 is 0 Å². The molecule has 8 rings (SSSR count). The van der Waals surface area contributed by atoms with Gasteiger partial charge in [0.15, 0.2) is 5.82 Å². The van der Waals surface area contributed by atoms with Gasteiger partial charge in [-0.05, 0) is 70.8 Å². The number of aromatic nitrogens is 5. The van der Waals surface area contributed by atoms with E-state index >= 15 is 0 Å². The van der Waals surface area contributed by atoms with Crippen LogP contribution in [0.4, 0.5) is 0 Å². The topological polar surface area (TPSA) is 64.5 Å². The third kappa shape index (κ3) is 6.13. The quantitative estimate of drug-likeness (QED) is 0.178. The maximum Gasteiger partial charge on any atom is 0.160 e. The van der Waals surface area contributed by atoms with Crippen LogP contribution in [0.3, 0.4) is 0 Å². The molecule has 0 aliphatic heterocycles. The first kappa shape index (κ1) is 28.9. The third-order valence-electron chi connectivity index (χ3n) is 8.20. The molecule has 0 fully saturated rings. The summed E-state index contributed by atoms with van der Waals surface area (Å²) in [5.41, 5.74) is 12.2. The maximum atomic E-state index is 5.04. The smallest absolute Gasteiger partial charge is 0.160 e. The lowest BCUT2D eigenvalue weighted by Gasteiger charge is -2.12. The van der Waals surface area contributed by atoms with Crippen molar-refractivity contribution >= 4 is 0 Å². The van der Waals surface area contributed by atoms with Crippen molar-refractivity contribution in [2.45, 2.75) is 0 Å². The standard InChI is InChI=1S/C43H29N5/c1-4-13-30(14-5-1)36-27-41(37-21-10-11-23-44-37)46-42(28-36)40-26-34(22-24-45-40)33-19-12-20-35(25-33)43-47-38(31-15-6-2-7-16-31)29-39(48-43)32-17-8-3-9-18-32/h1-29H. The molecular weight excluding hydrogens is 587 g/mol. The molecule has 4 heterocycles. The van der Waals surface area contributed by atoms with Crippen molar-refractivity contribution in [1.29, 1.82) is 0 Å². The molecule has 0 unspecified atom stereocenters. The third-order valence-corrected chi connectivity index (χ3v) is 8.20. The van der Waals surface area contributed by atoms with Crippen LogP contribution in [0.15, 0.2) is 176 Å². The normalized spacial score (nSPS) is 10.9. The lowest BCUT2D eigenvalue weighted by Crippen LogP contribution is -1.96. The highest BCUT2D eigenvalue weighted by atomic mass is 14.9. The molecule has 0 saturated carbocycles. The molecule has 0 aliphatic carbocycles. The van der Waals surface area contributed by atoms with Crippen molar-refractivity contribution in [3.8, 4) is 78.9 Å². The molecule has 0 bridgehead atoms. The largest absolute Gasteiger partial charge is 0.255 e. The molecule has 8 aromatic rings. The van der Waals surface area contributed by atoms with E-state index in [-0.39, 0.29) is 0 Å². The van der Waals surface area contributed by atoms with Crippen molar-refractivity contribution in [3.63, 3.8) is 0 Å². The molecule has 48 heavy (non-hydrogen) atoms. The Bertz CT molecular complexity index is 2040. The number of hydrogen-bond acceptors (Lipinski definition) is 5. The number of benzene rings is 4. The van der Waals surface area contributed by atoms with Gasteiger partial charge in [0.25, 0.3) is 0 Å². The SMILES string of the molecule is c1ccc(-c2cc(-c3ccccn3)nc(-c3cc(-c4cccc(-c5nc(-c6ccccc6)cc(-c6ccccc6)n5)c4)ccn3)c2)cc1. The van der Waals surface area contributed by atoms with Crippen LogP contribution in [0.1, 0.15) is 0 Å². The summed E-state index contributed by atoms with van der Waals surface area (Å²) in [4.78, 5) is 24.5. The van der Waals surface area contributed by atoms with Crippen LogP contribution < -0.4 is 0 Å². The molecule has 0 saturated heterocycles. The fraction of sp³-hybridized carbons (Fsp3) is 0. The summed E-state index contributed by atoms with van der Waals surface area (Å²) in [5, 5.41) is 0. The zero-order valence-corrected chi connectivity index (χ0v) is 26.0. The summed E-state index contributed by atoms with van der Waals surface area (Å²) in [6.07, 6.45) is 3.63. The Morgan fingerprint density at radius 1 is 0.250 bits per heavy atom. The monoisotopic (exact) mass is 615 g/mol. The molecule has 0 radical (unpaired) electrons. The van der Waals surface area contributed by atoms with Gasteiger partial charge in [0.2, 0.25) is 0 Å². The van der Waals surface area contributed by atoms with Crippen LogP contribution in [0, 0.1) is 0 Å². The van der Waals surface area contributed by atoms with Crippen molar-refractivity contribution < 1.29 is 0 Å². The second-order valence-corrected chi connectivity index (χ2v) is 11.4. The Morgan fingerprint density at radius 2 is 0.771 bits per heavy atom. The van der Waals surface area contributed by atoms with Gasteiger partial charge in [0.1, 0.15) is 0 Å². The van der Waals surface area contributed by atoms with Crippen LogP contribution in [-0.4, -0.2) is 24.9 Å². The minimum absolute atomic E-state index is 0.670. The molecule has 226 valence electrons. The number of pyridine rings is 3. The minimum atomic E-state index is 0.670. The first-order valence-electron chi connectivity index (χ1n) is 15.8. The van der Waals surface area contributed by atoms with E-state index in [9.17, 15) is 0 Å². The lowest BCUT2D eigenvalue weighted by atomic mass is 10.00. The zero-order chi connectivity index (χ0) is 32.1. The van der Waals surface area contributed by atoms with Crippen molar-refractivity contribution in [2.24, 2.45) is 0 Å². The molecule has 0 amide bonds.